The molecular formula is C7H5F2NO4S. The molecular weight excluding hydrogens is 232 g/mol. The van der Waals surface area contributed by atoms with Crippen molar-refractivity contribution in [3.05, 3.63) is 33.6 Å². The van der Waals surface area contributed by atoms with E-state index in [-0.39, 0.29) is 5.56 Å². The van der Waals surface area contributed by atoms with Gasteiger partial charge in [-0.25, -0.2) is 4.39 Å². The second-order valence-electron chi connectivity index (χ2n) is 2.74. The molecule has 0 bridgehead atoms. The Morgan fingerprint density at radius 3 is 2.33 bits per heavy atom. The third kappa shape index (κ3) is 2.27. The third-order valence-corrected chi connectivity index (χ3v) is 2.57. The van der Waals surface area contributed by atoms with Crippen LogP contribution in [0.3, 0.4) is 0 Å². The Kier molecular flexibility index (Phi) is 2.71. The fourth-order valence-corrected chi connectivity index (χ4v) is 1.47. The van der Waals surface area contributed by atoms with Crippen LogP contribution in [0.4, 0.5) is 14.0 Å². The Morgan fingerprint density at radius 1 is 1.40 bits per heavy atom. The average Bonchev–Trinajstić information content (AvgIpc) is 2.06. The first-order valence-corrected chi connectivity index (χ1v) is 5.01. The summed E-state index contributed by atoms with van der Waals surface area (Å²) in [4.78, 5) is 8.34. The zero-order valence-corrected chi connectivity index (χ0v) is 8.22. The first-order chi connectivity index (χ1) is 6.73. The van der Waals surface area contributed by atoms with Gasteiger partial charge in [-0.1, -0.05) is 0 Å². The fraction of sp³-hybridized carbons (Fsp3) is 0.143. The van der Waals surface area contributed by atoms with Crippen LogP contribution in [0.5, 0.6) is 0 Å². The second-order valence-corrected chi connectivity index (χ2v) is 4.09. The van der Waals surface area contributed by atoms with E-state index in [0.717, 1.165) is 6.92 Å². The Labute approximate surface area is 83.7 Å². The van der Waals surface area contributed by atoms with E-state index in [4.69, 9.17) is 0 Å². The first kappa shape index (κ1) is 11.5. The van der Waals surface area contributed by atoms with Crippen molar-refractivity contribution in [2.75, 3.05) is 0 Å². The monoisotopic (exact) mass is 237 g/mol. The summed E-state index contributed by atoms with van der Waals surface area (Å²) < 4.78 is 46.3. The van der Waals surface area contributed by atoms with Gasteiger partial charge in [-0.15, -0.1) is 3.89 Å². The summed E-state index contributed by atoms with van der Waals surface area (Å²) in [5.74, 6) is -1.14. The minimum absolute atomic E-state index is 0.340. The quantitative estimate of drug-likeness (QED) is 0.445. The van der Waals surface area contributed by atoms with Crippen LogP contribution in [0.2, 0.25) is 0 Å². The second kappa shape index (κ2) is 3.54. The van der Waals surface area contributed by atoms with Crippen LogP contribution >= 0.6 is 0 Å². The number of nitro groups is 1. The Bertz CT molecular complexity index is 526. The maximum absolute atomic E-state index is 13.0. The molecule has 82 valence electrons. The highest BCUT2D eigenvalue weighted by Gasteiger charge is 2.22. The van der Waals surface area contributed by atoms with Crippen molar-refractivity contribution in [1.82, 2.24) is 0 Å². The normalized spacial score (nSPS) is 11.4. The average molecular weight is 237 g/mol. The van der Waals surface area contributed by atoms with E-state index < -0.39 is 31.5 Å². The van der Waals surface area contributed by atoms with E-state index in [2.05, 4.69) is 0 Å². The molecule has 0 aliphatic heterocycles. The van der Waals surface area contributed by atoms with E-state index in [9.17, 15) is 26.8 Å². The third-order valence-electron chi connectivity index (χ3n) is 1.77. The molecule has 0 N–H and O–H groups in total. The van der Waals surface area contributed by atoms with Crippen molar-refractivity contribution < 1.29 is 21.6 Å². The lowest BCUT2D eigenvalue weighted by Gasteiger charge is -2.00. The summed E-state index contributed by atoms with van der Waals surface area (Å²) in [7, 11) is -5.14. The minimum atomic E-state index is -5.14. The predicted molar refractivity (Wildman–Crippen MR) is 46.1 cm³/mol. The topological polar surface area (TPSA) is 77.3 Å². The minimum Gasteiger partial charge on any atom is -0.258 e. The molecule has 0 aliphatic rings. The maximum atomic E-state index is 13.0. The van der Waals surface area contributed by atoms with Crippen LogP contribution in [0.25, 0.3) is 0 Å². The van der Waals surface area contributed by atoms with Gasteiger partial charge in [0.15, 0.2) is 0 Å². The summed E-state index contributed by atoms with van der Waals surface area (Å²) in [6.45, 7) is 1.10. The fourth-order valence-electron chi connectivity index (χ4n) is 0.971. The largest absolute Gasteiger partial charge is 0.332 e. The molecule has 1 rings (SSSR count). The van der Waals surface area contributed by atoms with Gasteiger partial charge in [-0.3, -0.25) is 10.1 Å². The Balaban J connectivity index is 3.57. The number of rotatable bonds is 2. The zero-order valence-electron chi connectivity index (χ0n) is 7.40. The molecule has 0 fully saturated rings. The van der Waals surface area contributed by atoms with Crippen molar-refractivity contribution >= 4 is 15.9 Å². The molecule has 0 saturated heterocycles. The molecule has 1 aromatic carbocycles. The molecule has 15 heavy (non-hydrogen) atoms. The highest BCUT2D eigenvalue weighted by molar-refractivity contribution is 7.86. The van der Waals surface area contributed by atoms with E-state index in [1.807, 2.05) is 0 Å². The first-order valence-electron chi connectivity index (χ1n) is 3.62. The lowest BCUT2D eigenvalue weighted by molar-refractivity contribution is -0.385. The molecule has 0 aromatic heterocycles. The van der Waals surface area contributed by atoms with Gasteiger partial charge in [0.05, 0.1) is 10.5 Å². The number of hydrogen-bond acceptors (Lipinski definition) is 4. The van der Waals surface area contributed by atoms with E-state index in [1.54, 1.807) is 0 Å². The van der Waals surface area contributed by atoms with E-state index in [0.29, 0.717) is 12.1 Å². The van der Waals surface area contributed by atoms with Crippen LogP contribution in [-0.4, -0.2) is 13.3 Å². The number of nitro benzene ring substituents is 1. The van der Waals surface area contributed by atoms with Crippen molar-refractivity contribution in [1.29, 1.82) is 0 Å². The standard InChI is InChI=1S/C7H5F2NO4S/c1-4-6(8)2-5(15(9,13)14)3-7(4)10(11)12/h2-3H,1H3. The molecule has 0 radical (unpaired) electrons. The maximum Gasteiger partial charge on any atom is 0.332 e. The highest BCUT2D eigenvalue weighted by Crippen LogP contribution is 2.25. The molecule has 8 heteroatoms. The summed E-state index contributed by atoms with van der Waals surface area (Å²) in [5.41, 5.74) is -1.11. The van der Waals surface area contributed by atoms with Gasteiger partial charge in [0, 0.05) is 6.07 Å². The molecule has 5 nitrogen and oxygen atoms in total. The zero-order chi connectivity index (χ0) is 11.8. The summed E-state index contributed by atoms with van der Waals surface area (Å²) >= 11 is 0. The molecule has 0 amide bonds. The van der Waals surface area contributed by atoms with Crippen LogP contribution in [0.15, 0.2) is 17.0 Å². The number of hydrogen-bond donors (Lipinski definition) is 0. The van der Waals surface area contributed by atoms with E-state index in [1.165, 1.54) is 0 Å². The number of nitrogens with zero attached hydrogens (tertiary/aromatic N) is 1. The molecule has 1 aromatic rings. The van der Waals surface area contributed by atoms with Gasteiger partial charge in [0.2, 0.25) is 0 Å². The Morgan fingerprint density at radius 2 is 1.93 bits per heavy atom. The van der Waals surface area contributed by atoms with Crippen LogP contribution in [0, 0.1) is 22.9 Å². The number of benzene rings is 1. The molecule has 0 heterocycles. The predicted octanol–water partition coefficient (Wildman–Crippen LogP) is 1.70. The van der Waals surface area contributed by atoms with Gasteiger partial charge < -0.3 is 0 Å². The lowest BCUT2D eigenvalue weighted by atomic mass is 10.2. The van der Waals surface area contributed by atoms with Gasteiger partial charge in [-0.2, -0.15) is 8.42 Å². The van der Waals surface area contributed by atoms with Crippen LogP contribution < -0.4 is 0 Å². The Hall–Kier alpha value is -1.57. The molecule has 0 atom stereocenters. The summed E-state index contributed by atoms with van der Waals surface area (Å²) in [5, 5.41) is 10.4. The smallest absolute Gasteiger partial charge is 0.258 e. The molecule has 0 saturated carbocycles. The van der Waals surface area contributed by atoms with Crippen LogP contribution in [0.1, 0.15) is 5.56 Å². The van der Waals surface area contributed by atoms with Gasteiger partial charge in [0.25, 0.3) is 5.69 Å². The van der Waals surface area contributed by atoms with Crippen molar-refractivity contribution in [3.63, 3.8) is 0 Å². The SMILES string of the molecule is Cc1c(F)cc(S(=O)(=O)F)cc1[N+](=O)[O-]. The van der Waals surface area contributed by atoms with Crippen molar-refractivity contribution in [2.24, 2.45) is 0 Å². The molecule has 0 spiro atoms. The summed E-state index contributed by atoms with van der Waals surface area (Å²) in [6.07, 6.45) is 0. The highest BCUT2D eigenvalue weighted by atomic mass is 32.3. The van der Waals surface area contributed by atoms with Crippen molar-refractivity contribution in [2.45, 2.75) is 11.8 Å². The van der Waals surface area contributed by atoms with Gasteiger partial charge in [0.1, 0.15) is 10.7 Å². The number of halogens is 2. The van der Waals surface area contributed by atoms with E-state index >= 15 is 0 Å². The molecule has 0 aliphatic carbocycles. The van der Waals surface area contributed by atoms with Crippen molar-refractivity contribution in [3.8, 4) is 0 Å². The lowest BCUT2D eigenvalue weighted by Crippen LogP contribution is -2.00. The van der Waals surface area contributed by atoms with Gasteiger partial charge >= 0.3 is 10.2 Å². The van der Waals surface area contributed by atoms with Crippen LogP contribution in [-0.2, 0) is 10.2 Å². The summed E-state index contributed by atoms with van der Waals surface area (Å²) in [6, 6.07) is 0.880. The van der Waals surface area contributed by atoms with Gasteiger partial charge in [-0.05, 0) is 13.0 Å². The molecule has 0 unspecified atom stereocenters.